The summed E-state index contributed by atoms with van der Waals surface area (Å²) in [7, 11) is 0. The Morgan fingerprint density at radius 3 is 2.81 bits per heavy atom. The van der Waals surface area contributed by atoms with Crippen LogP contribution in [0.4, 0.5) is 5.69 Å². The molecule has 3 N–H and O–H groups in total. The van der Waals surface area contributed by atoms with Gasteiger partial charge in [-0.05, 0) is 59.7 Å². The minimum Gasteiger partial charge on any atom is -0.409 e. The zero-order valence-electron chi connectivity index (χ0n) is 12.1. The Labute approximate surface area is 134 Å². The molecule has 0 bridgehead atoms. The summed E-state index contributed by atoms with van der Waals surface area (Å²) in [5.41, 5.74) is 7.82. The van der Waals surface area contributed by atoms with Gasteiger partial charge in [-0.3, -0.25) is 0 Å². The Balaban J connectivity index is 2.01. The van der Waals surface area contributed by atoms with Gasteiger partial charge in [-0.2, -0.15) is 0 Å². The van der Waals surface area contributed by atoms with Crippen molar-refractivity contribution in [2.45, 2.75) is 44.6 Å². The molecular weight excluding hydrogens is 330 g/mol. The number of amidine groups is 1. The molecule has 1 heterocycles. The molecular formula is C16H22BrN3O. The highest BCUT2D eigenvalue weighted by atomic mass is 79.9. The van der Waals surface area contributed by atoms with Gasteiger partial charge in [0.25, 0.3) is 0 Å². The van der Waals surface area contributed by atoms with E-state index in [1.165, 1.54) is 38.5 Å². The fraction of sp³-hybridized carbons (Fsp3) is 0.562. The second-order valence-corrected chi connectivity index (χ2v) is 6.92. The third-order valence-electron chi connectivity index (χ3n) is 4.91. The van der Waals surface area contributed by atoms with Gasteiger partial charge in [-0.1, -0.05) is 24.1 Å². The molecule has 0 radical (unpaired) electrons. The molecule has 1 aromatic rings. The summed E-state index contributed by atoms with van der Waals surface area (Å²) in [5, 5.41) is 12.3. The number of halogens is 1. The number of benzene rings is 1. The topological polar surface area (TPSA) is 61.9 Å². The van der Waals surface area contributed by atoms with Crippen molar-refractivity contribution in [1.82, 2.24) is 0 Å². The molecule has 114 valence electrons. The van der Waals surface area contributed by atoms with E-state index in [1.54, 1.807) is 0 Å². The van der Waals surface area contributed by atoms with Crippen molar-refractivity contribution < 1.29 is 5.21 Å². The average Bonchev–Trinajstić information content (AvgIpc) is 2.53. The maximum Gasteiger partial charge on any atom is 0.173 e. The van der Waals surface area contributed by atoms with Crippen molar-refractivity contribution in [3.05, 3.63) is 28.2 Å². The maximum absolute atomic E-state index is 9.09. The van der Waals surface area contributed by atoms with Gasteiger partial charge in [0.2, 0.25) is 0 Å². The number of hydrogen-bond acceptors (Lipinski definition) is 3. The normalized spacial score (nSPS) is 26.5. The van der Waals surface area contributed by atoms with Crippen LogP contribution in [0.5, 0.6) is 0 Å². The SMILES string of the molecule is N/C(=N/O)c1c(Br)cccc1N1CCC[C@H]2CCCC[C@H]21. The molecule has 2 aliphatic rings. The molecule has 0 amide bonds. The molecule has 0 aromatic heterocycles. The van der Waals surface area contributed by atoms with Crippen molar-refractivity contribution in [2.75, 3.05) is 11.4 Å². The molecule has 5 heteroatoms. The van der Waals surface area contributed by atoms with Crippen LogP contribution in [0.25, 0.3) is 0 Å². The molecule has 0 spiro atoms. The maximum atomic E-state index is 9.09. The summed E-state index contributed by atoms with van der Waals surface area (Å²) in [6.07, 6.45) is 7.84. The Hall–Kier alpha value is -1.23. The first-order chi connectivity index (χ1) is 10.2. The molecule has 1 aliphatic heterocycles. The van der Waals surface area contributed by atoms with Gasteiger partial charge in [0.15, 0.2) is 5.84 Å². The number of rotatable bonds is 2. The Morgan fingerprint density at radius 2 is 2.00 bits per heavy atom. The highest BCUT2D eigenvalue weighted by Crippen LogP contribution is 2.39. The van der Waals surface area contributed by atoms with Gasteiger partial charge in [-0.25, -0.2) is 0 Å². The third-order valence-corrected chi connectivity index (χ3v) is 5.57. The molecule has 3 rings (SSSR count). The fourth-order valence-corrected chi connectivity index (χ4v) is 4.54. The molecule has 2 atom stereocenters. The second kappa shape index (κ2) is 6.26. The summed E-state index contributed by atoms with van der Waals surface area (Å²) in [6, 6.07) is 6.67. The van der Waals surface area contributed by atoms with Crippen LogP contribution >= 0.6 is 15.9 Å². The summed E-state index contributed by atoms with van der Waals surface area (Å²) < 4.78 is 0.883. The van der Waals surface area contributed by atoms with Crippen LogP contribution in [0.3, 0.4) is 0 Å². The van der Waals surface area contributed by atoms with E-state index < -0.39 is 0 Å². The first-order valence-corrected chi connectivity index (χ1v) is 8.54. The Kier molecular flexibility index (Phi) is 4.38. The number of fused-ring (bicyclic) bond motifs is 1. The van der Waals surface area contributed by atoms with Gasteiger partial charge in [0, 0.05) is 22.7 Å². The van der Waals surface area contributed by atoms with Crippen LogP contribution in [0, 0.1) is 5.92 Å². The summed E-state index contributed by atoms with van der Waals surface area (Å²) in [4.78, 5) is 2.49. The minimum atomic E-state index is 0.176. The Bertz CT molecular complexity index is 544. The van der Waals surface area contributed by atoms with Crippen LogP contribution in [0.1, 0.15) is 44.1 Å². The summed E-state index contributed by atoms with van der Waals surface area (Å²) in [6.45, 7) is 1.06. The van der Waals surface area contributed by atoms with E-state index in [-0.39, 0.29) is 5.84 Å². The van der Waals surface area contributed by atoms with Gasteiger partial charge in [-0.15, -0.1) is 0 Å². The molecule has 1 aromatic carbocycles. The number of nitrogens with zero attached hydrogens (tertiary/aromatic N) is 2. The third kappa shape index (κ3) is 2.76. The first kappa shape index (κ1) is 14.7. The van der Waals surface area contributed by atoms with E-state index in [4.69, 9.17) is 10.9 Å². The van der Waals surface area contributed by atoms with Crippen molar-refractivity contribution in [2.24, 2.45) is 16.8 Å². The quantitative estimate of drug-likeness (QED) is 0.369. The standard InChI is InChI=1S/C16H22BrN3O/c17-12-7-3-9-14(15(12)16(18)19-21)20-10-4-6-11-5-1-2-8-13(11)20/h3,7,9,11,13,21H,1-2,4-6,8,10H2,(H2,18,19)/t11-,13-/m1/s1. The van der Waals surface area contributed by atoms with E-state index >= 15 is 0 Å². The van der Waals surface area contributed by atoms with Gasteiger partial charge >= 0.3 is 0 Å². The van der Waals surface area contributed by atoms with Gasteiger partial charge in [0.1, 0.15) is 0 Å². The molecule has 4 nitrogen and oxygen atoms in total. The van der Waals surface area contributed by atoms with Crippen LogP contribution in [0.15, 0.2) is 27.8 Å². The van der Waals surface area contributed by atoms with Crippen LogP contribution in [-0.2, 0) is 0 Å². The van der Waals surface area contributed by atoms with Crippen molar-refractivity contribution in [1.29, 1.82) is 0 Å². The number of anilines is 1. The summed E-state index contributed by atoms with van der Waals surface area (Å²) >= 11 is 3.54. The fourth-order valence-electron chi connectivity index (χ4n) is 3.98. The van der Waals surface area contributed by atoms with Crippen LogP contribution < -0.4 is 10.6 Å². The molecule has 1 aliphatic carbocycles. The lowest BCUT2D eigenvalue weighted by Crippen LogP contribution is -2.47. The Morgan fingerprint density at radius 1 is 1.24 bits per heavy atom. The van der Waals surface area contributed by atoms with Crippen LogP contribution in [0.2, 0.25) is 0 Å². The average molecular weight is 352 g/mol. The lowest BCUT2D eigenvalue weighted by atomic mass is 9.78. The lowest BCUT2D eigenvalue weighted by Gasteiger charge is -2.46. The van der Waals surface area contributed by atoms with Gasteiger partial charge in [0.05, 0.1) is 5.56 Å². The second-order valence-electron chi connectivity index (χ2n) is 6.07. The lowest BCUT2D eigenvalue weighted by molar-refractivity contribution is 0.243. The predicted octanol–water partition coefficient (Wildman–Crippen LogP) is 3.70. The number of hydrogen-bond donors (Lipinski definition) is 2. The molecule has 2 fully saturated rings. The zero-order valence-corrected chi connectivity index (χ0v) is 13.7. The van der Waals surface area contributed by atoms with Crippen LogP contribution in [-0.4, -0.2) is 23.6 Å². The molecule has 1 saturated heterocycles. The van der Waals surface area contributed by atoms with Crippen molar-refractivity contribution in [3.8, 4) is 0 Å². The predicted molar refractivity (Wildman–Crippen MR) is 89.0 cm³/mol. The monoisotopic (exact) mass is 351 g/mol. The van der Waals surface area contributed by atoms with E-state index in [2.05, 4.69) is 32.1 Å². The smallest absolute Gasteiger partial charge is 0.173 e. The number of oxime groups is 1. The highest BCUT2D eigenvalue weighted by molar-refractivity contribution is 9.10. The molecule has 21 heavy (non-hydrogen) atoms. The summed E-state index contributed by atoms with van der Waals surface area (Å²) in [5.74, 6) is 0.974. The molecule has 1 saturated carbocycles. The first-order valence-electron chi connectivity index (χ1n) is 7.75. The van der Waals surface area contributed by atoms with E-state index in [0.29, 0.717) is 6.04 Å². The van der Waals surface area contributed by atoms with E-state index in [1.807, 2.05) is 12.1 Å². The largest absolute Gasteiger partial charge is 0.409 e. The number of piperidine rings is 1. The minimum absolute atomic E-state index is 0.176. The molecule has 0 unspecified atom stereocenters. The number of nitrogens with two attached hydrogens (primary N) is 1. The van der Waals surface area contributed by atoms with E-state index in [9.17, 15) is 0 Å². The van der Waals surface area contributed by atoms with Crippen molar-refractivity contribution in [3.63, 3.8) is 0 Å². The van der Waals surface area contributed by atoms with Gasteiger partial charge < -0.3 is 15.8 Å². The zero-order chi connectivity index (χ0) is 14.8. The highest BCUT2D eigenvalue weighted by Gasteiger charge is 2.34. The van der Waals surface area contributed by atoms with Crippen molar-refractivity contribution >= 4 is 27.5 Å². The van der Waals surface area contributed by atoms with E-state index in [0.717, 1.165) is 28.2 Å².